The summed E-state index contributed by atoms with van der Waals surface area (Å²) in [6.45, 7) is -0.489. The Kier molecular flexibility index (Phi) is 5.01. The predicted molar refractivity (Wildman–Crippen MR) is 55.2 cm³/mol. The maximum absolute atomic E-state index is 12.3. The predicted octanol–water partition coefficient (Wildman–Crippen LogP) is 0.983. The van der Waals surface area contributed by atoms with Gasteiger partial charge in [-0.05, 0) is 26.3 Å². The van der Waals surface area contributed by atoms with Crippen LogP contribution in [0.15, 0.2) is 0 Å². The van der Waals surface area contributed by atoms with Gasteiger partial charge in [-0.1, -0.05) is 0 Å². The van der Waals surface area contributed by atoms with Gasteiger partial charge in [0, 0.05) is 18.6 Å². The van der Waals surface area contributed by atoms with Crippen molar-refractivity contribution in [2.75, 3.05) is 26.7 Å². The van der Waals surface area contributed by atoms with Gasteiger partial charge in [0.15, 0.2) is 0 Å². The van der Waals surface area contributed by atoms with Crippen molar-refractivity contribution in [3.63, 3.8) is 0 Å². The summed E-state index contributed by atoms with van der Waals surface area (Å²) in [5.41, 5.74) is 0. The fourth-order valence-corrected chi connectivity index (χ4v) is 1.71. The molecule has 96 valence electrons. The van der Waals surface area contributed by atoms with Crippen LogP contribution in [0.3, 0.4) is 0 Å². The topological polar surface area (TPSA) is 35.5 Å². The molecule has 0 amide bonds. The summed E-state index contributed by atoms with van der Waals surface area (Å²) in [4.78, 5) is 1.47. The molecule has 0 radical (unpaired) electrons. The summed E-state index contributed by atoms with van der Waals surface area (Å²) in [6, 6.07) is -0.0210. The van der Waals surface area contributed by atoms with Crippen LogP contribution in [0.4, 0.5) is 13.2 Å². The number of hydrogen-bond donors (Lipinski definition) is 2. The highest BCUT2D eigenvalue weighted by Gasteiger charge is 2.37. The van der Waals surface area contributed by atoms with Crippen molar-refractivity contribution in [1.29, 1.82) is 0 Å². The van der Waals surface area contributed by atoms with Crippen molar-refractivity contribution in [2.45, 2.75) is 37.5 Å². The van der Waals surface area contributed by atoms with Gasteiger partial charge in [0.2, 0.25) is 0 Å². The van der Waals surface area contributed by atoms with Gasteiger partial charge in [-0.25, -0.2) is 0 Å². The first-order valence-corrected chi connectivity index (χ1v) is 5.55. The van der Waals surface area contributed by atoms with E-state index in [9.17, 15) is 13.2 Å². The van der Waals surface area contributed by atoms with Gasteiger partial charge in [0.05, 0.1) is 13.2 Å². The molecule has 0 aliphatic heterocycles. The Morgan fingerprint density at radius 2 is 2.06 bits per heavy atom. The van der Waals surface area contributed by atoms with Crippen LogP contribution < -0.4 is 5.32 Å². The van der Waals surface area contributed by atoms with Gasteiger partial charge < -0.3 is 10.4 Å². The Morgan fingerprint density at radius 1 is 1.44 bits per heavy atom. The van der Waals surface area contributed by atoms with E-state index in [2.05, 4.69) is 5.32 Å². The van der Waals surface area contributed by atoms with Crippen molar-refractivity contribution < 1.29 is 18.3 Å². The summed E-state index contributed by atoms with van der Waals surface area (Å²) in [7, 11) is 1.70. The molecular formula is C10H19F3N2O. The van der Waals surface area contributed by atoms with Crippen molar-refractivity contribution >= 4 is 0 Å². The van der Waals surface area contributed by atoms with Gasteiger partial charge in [-0.2, -0.15) is 13.2 Å². The zero-order valence-corrected chi connectivity index (χ0v) is 9.43. The smallest absolute Gasteiger partial charge is 0.395 e. The molecule has 0 aromatic heterocycles. The van der Waals surface area contributed by atoms with Crippen LogP contribution in [0, 0.1) is 0 Å². The Morgan fingerprint density at radius 3 is 2.44 bits per heavy atom. The molecular weight excluding hydrogens is 221 g/mol. The van der Waals surface area contributed by atoms with E-state index in [4.69, 9.17) is 5.11 Å². The van der Waals surface area contributed by atoms with Gasteiger partial charge in [-0.3, -0.25) is 4.90 Å². The van der Waals surface area contributed by atoms with Crippen LogP contribution in [0.25, 0.3) is 0 Å². The average molecular weight is 240 g/mol. The second-order valence-corrected chi connectivity index (χ2v) is 4.27. The number of nitrogens with one attached hydrogen (secondary N) is 1. The molecule has 1 rings (SSSR count). The third-order valence-corrected chi connectivity index (χ3v) is 2.84. The Labute approximate surface area is 93.6 Å². The molecule has 2 N–H and O–H groups in total. The van der Waals surface area contributed by atoms with Gasteiger partial charge >= 0.3 is 6.18 Å². The molecule has 1 aliphatic rings. The Hall–Kier alpha value is -0.330. The molecule has 0 aromatic carbocycles. The van der Waals surface area contributed by atoms with E-state index in [1.807, 2.05) is 0 Å². The number of alkyl halides is 3. The SMILES string of the molecule is CNC(CO)CCN(CC(F)(F)F)C1CC1. The van der Waals surface area contributed by atoms with E-state index in [-0.39, 0.29) is 18.7 Å². The quantitative estimate of drug-likeness (QED) is 0.696. The molecule has 0 aromatic rings. The third kappa shape index (κ3) is 5.14. The Bertz CT molecular complexity index is 203. The van der Waals surface area contributed by atoms with E-state index in [0.29, 0.717) is 13.0 Å². The number of halogens is 3. The van der Waals surface area contributed by atoms with Gasteiger partial charge in [-0.15, -0.1) is 0 Å². The molecule has 0 bridgehead atoms. The van der Waals surface area contributed by atoms with E-state index < -0.39 is 12.7 Å². The number of hydrogen-bond acceptors (Lipinski definition) is 3. The number of rotatable bonds is 7. The molecule has 1 aliphatic carbocycles. The van der Waals surface area contributed by atoms with Gasteiger partial charge in [0.25, 0.3) is 0 Å². The highest BCUT2D eigenvalue weighted by Crippen LogP contribution is 2.30. The van der Waals surface area contributed by atoms with Crippen LogP contribution in [-0.2, 0) is 0 Å². The molecule has 0 spiro atoms. The first-order valence-electron chi connectivity index (χ1n) is 5.55. The molecule has 1 unspecified atom stereocenters. The van der Waals surface area contributed by atoms with Crippen LogP contribution in [0.2, 0.25) is 0 Å². The zero-order valence-electron chi connectivity index (χ0n) is 9.43. The molecule has 0 saturated heterocycles. The fourth-order valence-electron chi connectivity index (χ4n) is 1.71. The summed E-state index contributed by atoms with van der Waals surface area (Å²) in [5.74, 6) is 0. The lowest BCUT2D eigenvalue weighted by Gasteiger charge is -2.25. The van der Waals surface area contributed by atoms with E-state index in [1.54, 1.807) is 7.05 Å². The number of aliphatic hydroxyl groups is 1. The van der Waals surface area contributed by atoms with Crippen LogP contribution in [0.1, 0.15) is 19.3 Å². The lowest BCUT2D eigenvalue weighted by Crippen LogP contribution is -2.40. The summed E-state index contributed by atoms with van der Waals surface area (Å²) < 4.78 is 36.8. The maximum atomic E-state index is 12.3. The van der Waals surface area contributed by atoms with E-state index in [1.165, 1.54) is 4.90 Å². The normalized spacial score (nSPS) is 19.1. The van der Waals surface area contributed by atoms with Crippen molar-refractivity contribution in [3.8, 4) is 0 Å². The van der Waals surface area contributed by atoms with Crippen molar-refractivity contribution in [3.05, 3.63) is 0 Å². The molecule has 6 heteroatoms. The summed E-state index contributed by atoms with van der Waals surface area (Å²) >= 11 is 0. The van der Waals surface area contributed by atoms with Crippen LogP contribution in [-0.4, -0.2) is 55.0 Å². The molecule has 3 nitrogen and oxygen atoms in total. The number of aliphatic hydroxyl groups excluding tert-OH is 1. The number of likely N-dealkylation sites (N-methyl/N-ethyl adjacent to an activating group) is 1. The molecule has 1 fully saturated rings. The maximum Gasteiger partial charge on any atom is 0.401 e. The average Bonchev–Trinajstić information content (AvgIpc) is 2.99. The zero-order chi connectivity index (χ0) is 12.2. The molecule has 1 saturated carbocycles. The fraction of sp³-hybridized carbons (Fsp3) is 1.00. The first kappa shape index (κ1) is 13.7. The highest BCUT2D eigenvalue weighted by atomic mass is 19.4. The van der Waals surface area contributed by atoms with Crippen molar-refractivity contribution in [1.82, 2.24) is 10.2 Å². The first-order chi connectivity index (χ1) is 7.46. The second kappa shape index (κ2) is 5.84. The van der Waals surface area contributed by atoms with Crippen molar-refractivity contribution in [2.24, 2.45) is 0 Å². The lowest BCUT2D eigenvalue weighted by atomic mass is 10.2. The minimum absolute atomic E-state index is 0.0407. The van der Waals surface area contributed by atoms with Gasteiger partial charge in [0.1, 0.15) is 0 Å². The molecule has 16 heavy (non-hydrogen) atoms. The molecule has 0 heterocycles. The summed E-state index contributed by atoms with van der Waals surface area (Å²) in [6.07, 6.45) is -1.87. The molecule has 1 atom stereocenters. The lowest BCUT2D eigenvalue weighted by molar-refractivity contribution is -0.147. The van der Waals surface area contributed by atoms with E-state index in [0.717, 1.165) is 12.8 Å². The standard InChI is InChI=1S/C10H19F3N2O/c1-14-8(6-16)4-5-15(9-2-3-9)7-10(11,12)13/h8-9,14,16H,2-7H2,1H3. The highest BCUT2D eigenvalue weighted by molar-refractivity contribution is 4.86. The minimum atomic E-state index is -4.13. The van der Waals surface area contributed by atoms with Crippen LogP contribution in [0.5, 0.6) is 0 Å². The van der Waals surface area contributed by atoms with E-state index >= 15 is 0 Å². The number of nitrogens with zero attached hydrogens (tertiary/aromatic N) is 1. The largest absolute Gasteiger partial charge is 0.401 e. The third-order valence-electron chi connectivity index (χ3n) is 2.84. The van der Waals surface area contributed by atoms with Crippen LogP contribution >= 0.6 is 0 Å². The minimum Gasteiger partial charge on any atom is -0.395 e. The monoisotopic (exact) mass is 240 g/mol. The Balaban J connectivity index is 2.33. The second-order valence-electron chi connectivity index (χ2n) is 4.27. The summed E-state index contributed by atoms with van der Waals surface area (Å²) in [5, 5.41) is 11.8.